The number of halogens is 1. The third kappa shape index (κ3) is 3.58. The topological polar surface area (TPSA) is 54.5 Å². The minimum absolute atomic E-state index is 0.106. The Morgan fingerprint density at radius 2 is 1.95 bits per heavy atom. The van der Waals surface area contributed by atoms with Crippen molar-refractivity contribution in [3.8, 4) is 0 Å². The molecule has 0 aliphatic carbocycles. The Hall–Kier alpha value is -1.07. The van der Waals surface area contributed by atoms with E-state index in [0.717, 1.165) is 18.4 Å². The van der Waals surface area contributed by atoms with Gasteiger partial charge in [-0.05, 0) is 44.7 Å². The molecule has 6 heteroatoms. The van der Waals surface area contributed by atoms with Gasteiger partial charge in [-0.25, -0.2) is 8.42 Å². The molecule has 21 heavy (non-hydrogen) atoms. The smallest absolute Gasteiger partial charge is 0.262 e. The van der Waals surface area contributed by atoms with Gasteiger partial charge in [0.25, 0.3) is 15.0 Å². The highest BCUT2D eigenvalue weighted by Crippen LogP contribution is 2.27. The largest absolute Gasteiger partial charge is 0.336 e. The zero-order valence-corrected chi connectivity index (χ0v) is 14.0. The van der Waals surface area contributed by atoms with Crippen LogP contribution in [0.15, 0.2) is 23.1 Å². The molecule has 2 unspecified atom stereocenters. The van der Waals surface area contributed by atoms with Crippen molar-refractivity contribution in [2.45, 2.75) is 44.6 Å². The van der Waals surface area contributed by atoms with Crippen LogP contribution in [0.1, 0.15) is 42.6 Å². The molecule has 4 nitrogen and oxygen atoms in total. The fourth-order valence-corrected chi connectivity index (χ4v) is 3.79. The van der Waals surface area contributed by atoms with Crippen molar-refractivity contribution in [3.05, 3.63) is 29.3 Å². The van der Waals surface area contributed by atoms with Gasteiger partial charge in [0.15, 0.2) is 0 Å². The molecule has 2 rings (SSSR count). The van der Waals surface area contributed by atoms with E-state index < -0.39 is 9.05 Å². The van der Waals surface area contributed by atoms with Crippen LogP contribution in [0.2, 0.25) is 0 Å². The zero-order chi connectivity index (χ0) is 15.8. The fraction of sp³-hybridized carbons (Fsp3) is 0.533. The van der Waals surface area contributed by atoms with Crippen LogP contribution in [0.5, 0.6) is 0 Å². The van der Waals surface area contributed by atoms with E-state index in [4.69, 9.17) is 10.7 Å². The van der Waals surface area contributed by atoms with Crippen LogP contribution in [0.25, 0.3) is 0 Å². The van der Waals surface area contributed by atoms with Crippen molar-refractivity contribution >= 4 is 25.6 Å². The molecule has 1 fully saturated rings. The number of aryl methyl sites for hydroxylation is 1. The Morgan fingerprint density at radius 3 is 2.57 bits per heavy atom. The summed E-state index contributed by atoms with van der Waals surface area (Å²) in [6.07, 6.45) is 2.01. The molecule has 116 valence electrons. The van der Waals surface area contributed by atoms with Crippen molar-refractivity contribution in [2.24, 2.45) is 5.92 Å². The standard InChI is InChI=1S/C15H20ClNO3S/c1-10-5-7-14(21(16,19)20)13(8-10)15(18)17-9-11(2)4-6-12(17)3/h5,7-8,11-12H,4,6,9H2,1-3H3. The van der Waals surface area contributed by atoms with E-state index in [2.05, 4.69) is 6.92 Å². The minimum atomic E-state index is -3.94. The van der Waals surface area contributed by atoms with Gasteiger partial charge in [-0.1, -0.05) is 18.6 Å². The van der Waals surface area contributed by atoms with Gasteiger partial charge in [0, 0.05) is 23.3 Å². The third-order valence-electron chi connectivity index (χ3n) is 4.01. The Labute approximate surface area is 130 Å². The number of nitrogens with zero attached hydrogens (tertiary/aromatic N) is 1. The molecule has 1 aromatic rings. The number of piperidine rings is 1. The number of carbonyl (C=O) groups excluding carboxylic acids is 1. The molecule has 0 N–H and O–H groups in total. The summed E-state index contributed by atoms with van der Waals surface area (Å²) >= 11 is 0. The maximum atomic E-state index is 12.8. The molecule has 1 saturated heterocycles. The van der Waals surface area contributed by atoms with E-state index in [1.807, 2.05) is 13.8 Å². The molecule has 1 heterocycles. The molecule has 2 atom stereocenters. The summed E-state index contributed by atoms with van der Waals surface area (Å²) in [4.78, 5) is 14.4. The number of likely N-dealkylation sites (tertiary alicyclic amines) is 1. The highest BCUT2D eigenvalue weighted by atomic mass is 35.7. The molecule has 0 radical (unpaired) electrons. The normalized spacial score (nSPS) is 23.1. The Bertz CT molecular complexity index is 657. The predicted molar refractivity (Wildman–Crippen MR) is 83.1 cm³/mol. The van der Waals surface area contributed by atoms with E-state index in [-0.39, 0.29) is 22.4 Å². The van der Waals surface area contributed by atoms with E-state index >= 15 is 0 Å². The summed E-state index contributed by atoms with van der Waals surface area (Å²) < 4.78 is 23.4. The number of hydrogen-bond acceptors (Lipinski definition) is 3. The molecule has 1 amide bonds. The van der Waals surface area contributed by atoms with Gasteiger partial charge in [-0.2, -0.15) is 0 Å². The molecular weight excluding hydrogens is 310 g/mol. The highest BCUT2D eigenvalue weighted by molar-refractivity contribution is 8.13. The number of rotatable bonds is 2. The summed E-state index contributed by atoms with van der Waals surface area (Å²) in [6.45, 7) is 6.56. The van der Waals surface area contributed by atoms with Crippen LogP contribution in [0.3, 0.4) is 0 Å². The molecule has 1 aliphatic heterocycles. The average molecular weight is 330 g/mol. The summed E-state index contributed by atoms with van der Waals surface area (Å²) in [7, 11) is 1.53. The van der Waals surface area contributed by atoms with Gasteiger partial charge >= 0.3 is 0 Å². The second kappa shape index (κ2) is 5.97. The summed E-state index contributed by atoms with van der Waals surface area (Å²) in [5.74, 6) is 0.169. The SMILES string of the molecule is Cc1ccc(S(=O)(=O)Cl)c(C(=O)N2CC(C)CCC2C)c1. The van der Waals surface area contributed by atoms with Crippen molar-refractivity contribution < 1.29 is 13.2 Å². The lowest BCUT2D eigenvalue weighted by Gasteiger charge is -2.37. The van der Waals surface area contributed by atoms with E-state index in [1.54, 1.807) is 17.0 Å². The second-order valence-electron chi connectivity index (χ2n) is 5.93. The van der Waals surface area contributed by atoms with Crippen LogP contribution in [-0.2, 0) is 9.05 Å². The highest BCUT2D eigenvalue weighted by Gasteiger charge is 2.30. The first kappa shape index (κ1) is 16.3. The van der Waals surface area contributed by atoms with Gasteiger partial charge in [0.05, 0.1) is 10.5 Å². The molecule has 0 bridgehead atoms. The average Bonchev–Trinajstić information content (AvgIpc) is 2.39. The first-order valence-electron chi connectivity index (χ1n) is 7.06. The van der Waals surface area contributed by atoms with Crippen molar-refractivity contribution in [1.29, 1.82) is 0 Å². The van der Waals surface area contributed by atoms with E-state index in [1.165, 1.54) is 6.07 Å². The molecule has 1 aromatic carbocycles. The maximum absolute atomic E-state index is 12.8. The van der Waals surface area contributed by atoms with Gasteiger partial charge in [-0.3, -0.25) is 4.79 Å². The van der Waals surface area contributed by atoms with Gasteiger partial charge < -0.3 is 4.90 Å². The first-order valence-corrected chi connectivity index (χ1v) is 9.37. The van der Waals surface area contributed by atoms with Gasteiger partial charge in [-0.15, -0.1) is 0 Å². The molecule has 0 saturated carbocycles. The lowest BCUT2D eigenvalue weighted by molar-refractivity contribution is 0.0570. The molecular formula is C15H20ClNO3S. The Morgan fingerprint density at radius 1 is 1.29 bits per heavy atom. The summed E-state index contributed by atoms with van der Waals surface area (Å²) in [5.41, 5.74) is 1.01. The monoisotopic (exact) mass is 329 g/mol. The lowest BCUT2D eigenvalue weighted by Crippen LogP contribution is -2.45. The third-order valence-corrected chi connectivity index (χ3v) is 5.39. The first-order chi connectivity index (χ1) is 9.70. The number of benzene rings is 1. The summed E-state index contributed by atoms with van der Waals surface area (Å²) in [5, 5.41) is 0. The minimum Gasteiger partial charge on any atom is -0.336 e. The Kier molecular flexibility index (Phi) is 4.63. The predicted octanol–water partition coefficient (Wildman–Crippen LogP) is 3.18. The van der Waals surface area contributed by atoms with Crippen molar-refractivity contribution in [2.75, 3.05) is 6.54 Å². The Balaban J connectivity index is 2.45. The van der Waals surface area contributed by atoms with Gasteiger partial charge in [0.1, 0.15) is 0 Å². The zero-order valence-electron chi connectivity index (χ0n) is 12.5. The number of hydrogen-bond donors (Lipinski definition) is 0. The van der Waals surface area contributed by atoms with Crippen LogP contribution in [0, 0.1) is 12.8 Å². The van der Waals surface area contributed by atoms with Gasteiger partial charge in [0.2, 0.25) is 0 Å². The van der Waals surface area contributed by atoms with E-state index in [0.29, 0.717) is 12.5 Å². The van der Waals surface area contributed by atoms with Crippen LogP contribution in [-0.4, -0.2) is 31.8 Å². The van der Waals surface area contributed by atoms with Crippen molar-refractivity contribution in [1.82, 2.24) is 4.90 Å². The van der Waals surface area contributed by atoms with Crippen LogP contribution in [0.4, 0.5) is 0 Å². The van der Waals surface area contributed by atoms with Crippen molar-refractivity contribution in [3.63, 3.8) is 0 Å². The molecule has 0 aromatic heterocycles. The van der Waals surface area contributed by atoms with E-state index in [9.17, 15) is 13.2 Å². The lowest BCUT2D eigenvalue weighted by atomic mass is 9.94. The summed E-state index contributed by atoms with van der Waals surface area (Å²) in [6, 6.07) is 4.76. The van der Waals surface area contributed by atoms with Crippen LogP contribution >= 0.6 is 10.7 Å². The number of amides is 1. The second-order valence-corrected chi connectivity index (χ2v) is 8.46. The maximum Gasteiger partial charge on any atom is 0.262 e. The van der Waals surface area contributed by atoms with Crippen LogP contribution < -0.4 is 0 Å². The fourth-order valence-electron chi connectivity index (χ4n) is 2.75. The molecule has 0 spiro atoms. The quantitative estimate of drug-likeness (QED) is 0.783. The molecule has 1 aliphatic rings. The number of carbonyl (C=O) groups is 1.